The van der Waals surface area contributed by atoms with E-state index in [1.54, 1.807) is 20.8 Å². The second-order valence-corrected chi connectivity index (χ2v) is 7.36. The number of carbonyl (C=O) groups is 1. The minimum absolute atomic E-state index is 0.148. The Kier molecular flexibility index (Phi) is 6.08. The first-order valence-electron chi connectivity index (χ1n) is 7.03. The molecule has 0 spiro atoms. The quantitative estimate of drug-likeness (QED) is 0.425. The highest BCUT2D eigenvalue weighted by Crippen LogP contribution is 2.27. The van der Waals surface area contributed by atoms with Crippen molar-refractivity contribution in [1.82, 2.24) is 0 Å². The third kappa shape index (κ3) is 4.92. The van der Waals surface area contributed by atoms with Crippen LogP contribution in [0.4, 0.5) is 11.4 Å². The monoisotopic (exact) mass is 344 g/mol. The molecule has 0 N–H and O–H groups in total. The SMILES string of the molecule is CCS(=O)(=O)N(CC(=O)OC(C)C)c1ccc([N+](=O)[O-])cc1C. The van der Waals surface area contributed by atoms with Crippen LogP contribution in [0.3, 0.4) is 0 Å². The van der Waals surface area contributed by atoms with Crippen molar-refractivity contribution in [2.24, 2.45) is 0 Å². The second kappa shape index (κ2) is 7.40. The van der Waals surface area contributed by atoms with Gasteiger partial charge in [-0.25, -0.2) is 8.42 Å². The molecule has 0 saturated heterocycles. The lowest BCUT2D eigenvalue weighted by molar-refractivity contribution is -0.384. The summed E-state index contributed by atoms with van der Waals surface area (Å²) in [6.07, 6.45) is -0.369. The molecule has 0 atom stereocenters. The molecule has 0 fully saturated rings. The zero-order valence-corrected chi connectivity index (χ0v) is 14.3. The maximum absolute atomic E-state index is 12.3. The molecule has 1 rings (SSSR count). The van der Waals surface area contributed by atoms with Crippen LogP contribution in [-0.4, -0.2) is 37.7 Å². The third-order valence-electron chi connectivity index (χ3n) is 3.00. The fourth-order valence-corrected chi connectivity index (χ4v) is 3.06. The van der Waals surface area contributed by atoms with E-state index in [9.17, 15) is 23.3 Å². The number of hydrogen-bond donors (Lipinski definition) is 0. The van der Waals surface area contributed by atoms with Crippen molar-refractivity contribution in [2.75, 3.05) is 16.6 Å². The topological polar surface area (TPSA) is 107 Å². The summed E-state index contributed by atoms with van der Waals surface area (Å²) in [6.45, 7) is 5.85. The fourth-order valence-electron chi connectivity index (χ4n) is 1.94. The molecule has 128 valence electrons. The molecule has 0 aliphatic carbocycles. The summed E-state index contributed by atoms with van der Waals surface area (Å²) in [4.78, 5) is 22.1. The van der Waals surface area contributed by atoms with Crippen LogP contribution >= 0.6 is 0 Å². The van der Waals surface area contributed by atoms with E-state index >= 15 is 0 Å². The summed E-state index contributed by atoms with van der Waals surface area (Å²) in [5.74, 6) is -0.895. The number of aryl methyl sites for hydroxylation is 1. The number of anilines is 1. The smallest absolute Gasteiger partial charge is 0.327 e. The van der Waals surface area contributed by atoms with E-state index in [2.05, 4.69) is 0 Å². The largest absolute Gasteiger partial charge is 0.462 e. The van der Waals surface area contributed by atoms with Crippen molar-refractivity contribution in [3.63, 3.8) is 0 Å². The molecule has 23 heavy (non-hydrogen) atoms. The lowest BCUT2D eigenvalue weighted by Gasteiger charge is -2.24. The molecule has 0 aromatic heterocycles. The zero-order chi connectivity index (χ0) is 17.8. The van der Waals surface area contributed by atoms with Crippen molar-refractivity contribution < 1.29 is 22.9 Å². The molecular weight excluding hydrogens is 324 g/mol. The first-order chi connectivity index (χ1) is 10.6. The molecular formula is C14H20N2O6S. The van der Waals surface area contributed by atoms with E-state index in [-0.39, 0.29) is 23.2 Å². The molecule has 0 heterocycles. The molecule has 1 aromatic rings. The van der Waals surface area contributed by atoms with E-state index in [0.717, 1.165) is 4.31 Å². The van der Waals surface area contributed by atoms with Crippen LogP contribution in [0.5, 0.6) is 0 Å². The number of non-ortho nitro benzene ring substituents is 1. The summed E-state index contributed by atoms with van der Waals surface area (Å²) in [6, 6.07) is 3.79. The number of nitro groups is 1. The number of nitrogens with zero attached hydrogens (tertiary/aromatic N) is 2. The number of carbonyl (C=O) groups excluding carboxylic acids is 1. The van der Waals surface area contributed by atoms with Gasteiger partial charge in [-0.1, -0.05) is 0 Å². The highest BCUT2D eigenvalue weighted by molar-refractivity contribution is 7.92. The average molecular weight is 344 g/mol. The number of ether oxygens (including phenoxy) is 1. The molecule has 8 nitrogen and oxygen atoms in total. The number of benzene rings is 1. The molecule has 0 aliphatic rings. The normalized spacial score (nSPS) is 11.3. The Balaban J connectivity index is 3.25. The van der Waals surface area contributed by atoms with Crippen LogP contribution < -0.4 is 4.31 Å². The van der Waals surface area contributed by atoms with E-state index < -0.39 is 27.5 Å². The lowest BCUT2D eigenvalue weighted by Crippen LogP contribution is -2.38. The van der Waals surface area contributed by atoms with Crippen LogP contribution in [0.1, 0.15) is 26.3 Å². The van der Waals surface area contributed by atoms with Crippen molar-refractivity contribution in [2.45, 2.75) is 33.8 Å². The van der Waals surface area contributed by atoms with Gasteiger partial charge in [0.2, 0.25) is 10.0 Å². The predicted molar refractivity (Wildman–Crippen MR) is 85.9 cm³/mol. The molecule has 0 radical (unpaired) electrons. The summed E-state index contributed by atoms with van der Waals surface area (Å²) >= 11 is 0. The molecule has 1 aromatic carbocycles. The summed E-state index contributed by atoms with van der Waals surface area (Å²) < 4.78 is 30.5. The first-order valence-corrected chi connectivity index (χ1v) is 8.64. The van der Waals surface area contributed by atoms with Gasteiger partial charge >= 0.3 is 5.97 Å². The van der Waals surface area contributed by atoms with E-state index in [0.29, 0.717) is 5.56 Å². The standard InChI is InChI=1S/C14H20N2O6S/c1-5-23(20,21)15(9-14(17)22-10(2)3)13-7-6-12(16(18)19)8-11(13)4/h6-8,10H,5,9H2,1-4H3. The van der Waals surface area contributed by atoms with Gasteiger partial charge in [-0.05, 0) is 39.3 Å². The first kappa shape index (κ1) is 18.9. The number of nitro benzene ring substituents is 1. The Morgan fingerprint density at radius 2 is 2.00 bits per heavy atom. The van der Waals surface area contributed by atoms with E-state index in [1.165, 1.54) is 25.1 Å². The highest BCUT2D eigenvalue weighted by Gasteiger charge is 2.26. The van der Waals surface area contributed by atoms with Gasteiger partial charge in [-0.3, -0.25) is 19.2 Å². The van der Waals surface area contributed by atoms with Crippen LogP contribution in [0.2, 0.25) is 0 Å². The van der Waals surface area contributed by atoms with Crippen molar-refractivity contribution in [3.05, 3.63) is 33.9 Å². The van der Waals surface area contributed by atoms with Gasteiger partial charge in [-0.2, -0.15) is 0 Å². The van der Waals surface area contributed by atoms with Crippen LogP contribution in [-0.2, 0) is 19.6 Å². The summed E-state index contributed by atoms with van der Waals surface area (Å²) in [7, 11) is -3.74. The van der Waals surface area contributed by atoms with Gasteiger partial charge in [0.15, 0.2) is 0 Å². The van der Waals surface area contributed by atoms with E-state index in [1.807, 2.05) is 0 Å². The molecule has 0 unspecified atom stereocenters. The third-order valence-corrected chi connectivity index (χ3v) is 4.73. The van der Waals surface area contributed by atoms with Gasteiger partial charge in [0.05, 0.1) is 22.5 Å². The van der Waals surface area contributed by atoms with Gasteiger partial charge in [0.1, 0.15) is 6.54 Å². The number of hydrogen-bond acceptors (Lipinski definition) is 6. The maximum Gasteiger partial charge on any atom is 0.327 e. The summed E-state index contributed by atoms with van der Waals surface area (Å²) in [5, 5.41) is 10.8. The van der Waals surface area contributed by atoms with Crippen LogP contribution in [0.15, 0.2) is 18.2 Å². The molecule has 0 amide bonds. The van der Waals surface area contributed by atoms with Crippen molar-refractivity contribution >= 4 is 27.4 Å². The Morgan fingerprint density at radius 3 is 2.43 bits per heavy atom. The maximum atomic E-state index is 12.3. The fraction of sp³-hybridized carbons (Fsp3) is 0.500. The minimum atomic E-state index is -3.74. The van der Waals surface area contributed by atoms with Gasteiger partial charge in [0, 0.05) is 12.1 Å². The zero-order valence-electron chi connectivity index (χ0n) is 13.5. The van der Waals surface area contributed by atoms with Gasteiger partial charge in [-0.15, -0.1) is 0 Å². The average Bonchev–Trinajstić information content (AvgIpc) is 2.44. The Bertz CT molecular complexity index is 699. The molecule has 0 bridgehead atoms. The number of sulfonamides is 1. The second-order valence-electron chi connectivity index (χ2n) is 5.17. The predicted octanol–water partition coefficient (Wildman–Crippen LogP) is 2.01. The van der Waals surface area contributed by atoms with E-state index in [4.69, 9.17) is 4.74 Å². The molecule has 0 aliphatic heterocycles. The van der Waals surface area contributed by atoms with Crippen molar-refractivity contribution in [1.29, 1.82) is 0 Å². The van der Waals surface area contributed by atoms with Crippen LogP contribution in [0, 0.1) is 17.0 Å². The van der Waals surface area contributed by atoms with Gasteiger partial charge in [0.25, 0.3) is 5.69 Å². The summed E-state index contributed by atoms with van der Waals surface area (Å²) in [5.41, 5.74) is 0.455. The Labute approximate surface area is 135 Å². The van der Waals surface area contributed by atoms with Gasteiger partial charge < -0.3 is 4.74 Å². The Hall–Kier alpha value is -2.16. The number of rotatable bonds is 7. The molecule has 0 saturated carbocycles. The van der Waals surface area contributed by atoms with Crippen molar-refractivity contribution in [3.8, 4) is 0 Å². The lowest BCUT2D eigenvalue weighted by atomic mass is 10.2. The Morgan fingerprint density at radius 1 is 1.39 bits per heavy atom. The van der Waals surface area contributed by atoms with Crippen LogP contribution in [0.25, 0.3) is 0 Å². The molecule has 9 heteroatoms. The minimum Gasteiger partial charge on any atom is -0.462 e. The highest BCUT2D eigenvalue weighted by atomic mass is 32.2. The number of esters is 1.